The summed E-state index contributed by atoms with van der Waals surface area (Å²) in [7, 11) is -3.46. The third-order valence-corrected chi connectivity index (χ3v) is 4.76. The highest BCUT2D eigenvalue weighted by molar-refractivity contribution is 7.89. The highest BCUT2D eigenvalue weighted by Gasteiger charge is 2.15. The average molecular weight is 317 g/mol. The Morgan fingerprint density at radius 1 is 1.33 bits per heavy atom. The molecule has 0 saturated heterocycles. The predicted molar refractivity (Wildman–Crippen MR) is 83.5 cm³/mol. The number of aromatic nitrogens is 2. The van der Waals surface area contributed by atoms with Crippen LogP contribution in [0.2, 0.25) is 0 Å². The first-order valence-corrected chi connectivity index (χ1v) is 8.96. The number of sulfonamides is 1. The lowest BCUT2D eigenvalue weighted by Gasteiger charge is -2.17. The van der Waals surface area contributed by atoms with Gasteiger partial charge in [-0.05, 0) is 39.0 Å². The number of nitrogens with one attached hydrogen (secondary N) is 1. The second-order valence-electron chi connectivity index (χ2n) is 4.86. The molecule has 0 fully saturated rings. The van der Waals surface area contributed by atoms with Crippen molar-refractivity contribution >= 4 is 10.0 Å². The van der Waals surface area contributed by atoms with Gasteiger partial charge in [0.05, 0.1) is 6.20 Å². The van der Waals surface area contributed by atoms with Gasteiger partial charge in [0.15, 0.2) is 0 Å². The molecule has 0 amide bonds. The van der Waals surface area contributed by atoms with E-state index in [0.717, 1.165) is 32.5 Å². The van der Waals surface area contributed by atoms with Gasteiger partial charge in [0.1, 0.15) is 4.90 Å². The standard InChI is InChI=1S/C13H27N5O2S/c1-3-17(4-2)9-6-8-16-21(19,20)13-11-15-18(12-13)10-5-7-14/h11-12,16H,3-10,14H2,1-2H3. The zero-order chi connectivity index (χ0) is 15.7. The Morgan fingerprint density at radius 2 is 2.05 bits per heavy atom. The zero-order valence-corrected chi connectivity index (χ0v) is 13.8. The second kappa shape index (κ2) is 9.14. The molecule has 1 aromatic heterocycles. The monoisotopic (exact) mass is 317 g/mol. The van der Waals surface area contributed by atoms with Gasteiger partial charge in [-0.15, -0.1) is 0 Å². The Bertz CT molecular complexity index is 496. The fourth-order valence-corrected chi connectivity index (χ4v) is 3.02. The topological polar surface area (TPSA) is 93.2 Å². The van der Waals surface area contributed by atoms with Crippen LogP contribution in [0.5, 0.6) is 0 Å². The van der Waals surface area contributed by atoms with Crippen molar-refractivity contribution in [1.29, 1.82) is 0 Å². The van der Waals surface area contributed by atoms with Gasteiger partial charge >= 0.3 is 0 Å². The minimum atomic E-state index is -3.46. The molecule has 1 aromatic rings. The van der Waals surface area contributed by atoms with Gasteiger partial charge in [0.2, 0.25) is 10.0 Å². The molecule has 8 heteroatoms. The highest BCUT2D eigenvalue weighted by atomic mass is 32.2. The molecule has 3 N–H and O–H groups in total. The van der Waals surface area contributed by atoms with Crippen molar-refractivity contribution in [3.8, 4) is 0 Å². The van der Waals surface area contributed by atoms with E-state index < -0.39 is 10.0 Å². The van der Waals surface area contributed by atoms with Crippen LogP contribution in [0.1, 0.15) is 26.7 Å². The van der Waals surface area contributed by atoms with E-state index in [-0.39, 0.29) is 4.90 Å². The third-order valence-electron chi connectivity index (χ3n) is 3.35. The maximum Gasteiger partial charge on any atom is 0.243 e. The van der Waals surface area contributed by atoms with E-state index in [1.807, 2.05) is 0 Å². The summed E-state index contributed by atoms with van der Waals surface area (Å²) >= 11 is 0. The van der Waals surface area contributed by atoms with E-state index in [1.165, 1.54) is 6.20 Å². The lowest BCUT2D eigenvalue weighted by Crippen LogP contribution is -2.29. The van der Waals surface area contributed by atoms with Gasteiger partial charge in [0.25, 0.3) is 0 Å². The molecule has 0 saturated carbocycles. The summed E-state index contributed by atoms with van der Waals surface area (Å²) in [6, 6.07) is 0. The van der Waals surface area contributed by atoms with Crippen LogP contribution in [0.25, 0.3) is 0 Å². The minimum absolute atomic E-state index is 0.211. The summed E-state index contributed by atoms with van der Waals surface area (Å²) in [5, 5.41) is 4.04. The van der Waals surface area contributed by atoms with Crippen molar-refractivity contribution < 1.29 is 8.42 Å². The van der Waals surface area contributed by atoms with Crippen molar-refractivity contribution in [3.63, 3.8) is 0 Å². The molecule has 1 rings (SSSR count). The molecule has 0 aliphatic carbocycles. The lowest BCUT2D eigenvalue weighted by atomic mass is 10.4. The molecular weight excluding hydrogens is 290 g/mol. The average Bonchev–Trinajstić information content (AvgIpc) is 2.95. The van der Waals surface area contributed by atoms with Gasteiger partial charge in [-0.3, -0.25) is 4.68 Å². The molecule has 0 atom stereocenters. The van der Waals surface area contributed by atoms with Crippen LogP contribution in [0, 0.1) is 0 Å². The van der Waals surface area contributed by atoms with Crippen molar-refractivity contribution in [2.45, 2.75) is 38.1 Å². The summed E-state index contributed by atoms with van der Waals surface area (Å²) in [6.07, 6.45) is 4.49. The molecule has 0 bridgehead atoms. The molecule has 0 radical (unpaired) electrons. The molecule has 0 aromatic carbocycles. The van der Waals surface area contributed by atoms with Gasteiger partial charge in [-0.1, -0.05) is 13.8 Å². The van der Waals surface area contributed by atoms with Crippen LogP contribution in [0.15, 0.2) is 17.3 Å². The first-order valence-electron chi connectivity index (χ1n) is 7.48. The maximum absolute atomic E-state index is 12.1. The van der Waals surface area contributed by atoms with E-state index in [4.69, 9.17) is 5.73 Å². The largest absolute Gasteiger partial charge is 0.330 e. The van der Waals surface area contributed by atoms with Crippen LogP contribution >= 0.6 is 0 Å². The number of rotatable bonds is 11. The van der Waals surface area contributed by atoms with Gasteiger partial charge in [0, 0.05) is 19.3 Å². The van der Waals surface area contributed by atoms with Crippen LogP contribution in [-0.2, 0) is 16.6 Å². The summed E-state index contributed by atoms with van der Waals surface area (Å²) in [5.74, 6) is 0. The van der Waals surface area contributed by atoms with Crippen molar-refractivity contribution in [2.75, 3.05) is 32.7 Å². The van der Waals surface area contributed by atoms with E-state index in [2.05, 4.69) is 28.6 Å². The normalized spacial score (nSPS) is 12.2. The SMILES string of the molecule is CCN(CC)CCCNS(=O)(=O)c1cnn(CCCN)c1. The van der Waals surface area contributed by atoms with Crippen LogP contribution < -0.4 is 10.5 Å². The van der Waals surface area contributed by atoms with Gasteiger partial charge in [-0.25, -0.2) is 13.1 Å². The fourth-order valence-electron chi connectivity index (χ4n) is 1.99. The number of hydrogen-bond acceptors (Lipinski definition) is 5. The summed E-state index contributed by atoms with van der Waals surface area (Å²) < 4.78 is 28.4. The number of aryl methyl sites for hydroxylation is 1. The van der Waals surface area contributed by atoms with Crippen molar-refractivity contribution in [1.82, 2.24) is 19.4 Å². The van der Waals surface area contributed by atoms with Crippen LogP contribution in [-0.4, -0.2) is 55.8 Å². The van der Waals surface area contributed by atoms with Crippen LogP contribution in [0.4, 0.5) is 0 Å². The smallest absolute Gasteiger partial charge is 0.243 e. The molecule has 0 unspecified atom stereocenters. The molecule has 122 valence electrons. The molecule has 0 spiro atoms. The molecule has 1 heterocycles. The first kappa shape index (κ1) is 18.1. The molecule has 7 nitrogen and oxygen atoms in total. The third kappa shape index (κ3) is 6.13. The Morgan fingerprint density at radius 3 is 2.67 bits per heavy atom. The zero-order valence-electron chi connectivity index (χ0n) is 13.0. The van der Waals surface area contributed by atoms with E-state index in [0.29, 0.717) is 19.6 Å². The van der Waals surface area contributed by atoms with Crippen molar-refractivity contribution in [2.24, 2.45) is 5.73 Å². The number of nitrogens with zero attached hydrogens (tertiary/aromatic N) is 3. The predicted octanol–water partition coefficient (Wildman–Crippen LogP) is 0.242. The van der Waals surface area contributed by atoms with E-state index >= 15 is 0 Å². The Hall–Kier alpha value is -0.960. The molecule has 0 aliphatic rings. The summed E-state index contributed by atoms with van der Waals surface area (Å²) in [6.45, 7) is 8.69. The fraction of sp³-hybridized carbons (Fsp3) is 0.769. The van der Waals surface area contributed by atoms with E-state index in [9.17, 15) is 8.42 Å². The Labute approximate surface area is 127 Å². The van der Waals surface area contributed by atoms with Crippen molar-refractivity contribution in [3.05, 3.63) is 12.4 Å². The molecule has 0 aliphatic heterocycles. The molecule has 21 heavy (non-hydrogen) atoms. The maximum atomic E-state index is 12.1. The highest BCUT2D eigenvalue weighted by Crippen LogP contribution is 2.07. The number of nitrogens with two attached hydrogens (primary N) is 1. The Balaban J connectivity index is 2.44. The Kier molecular flexibility index (Phi) is 7.87. The summed E-state index contributed by atoms with van der Waals surface area (Å²) in [4.78, 5) is 2.47. The number of hydrogen-bond donors (Lipinski definition) is 2. The minimum Gasteiger partial charge on any atom is -0.330 e. The summed E-state index contributed by atoms with van der Waals surface area (Å²) in [5.41, 5.74) is 5.42. The first-order chi connectivity index (χ1) is 10.0. The lowest BCUT2D eigenvalue weighted by molar-refractivity contribution is 0.300. The van der Waals surface area contributed by atoms with E-state index in [1.54, 1.807) is 10.9 Å². The van der Waals surface area contributed by atoms with Crippen LogP contribution in [0.3, 0.4) is 0 Å². The van der Waals surface area contributed by atoms with Gasteiger partial charge in [-0.2, -0.15) is 5.10 Å². The molecular formula is C13H27N5O2S. The quantitative estimate of drug-likeness (QED) is 0.570. The van der Waals surface area contributed by atoms with Gasteiger partial charge < -0.3 is 10.6 Å². The second-order valence-corrected chi connectivity index (χ2v) is 6.63.